The summed E-state index contributed by atoms with van der Waals surface area (Å²) in [5.74, 6) is 3.69. The van der Waals surface area contributed by atoms with Gasteiger partial charge in [0.15, 0.2) is 0 Å². The van der Waals surface area contributed by atoms with Crippen molar-refractivity contribution < 1.29 is 0 Å². The summed E-state index contributed by atoms with van der Waals surface area (Å²) in [6.45, 7) is 0. The lowest BCUT2D eigenvalue weighted by molar-refractivity contribution is 0.328. The maximum absolute atomic E-state index is 5.79. The molecule has 3 atom stereocenters. The molecule has 1 aromatic heterocycles. The highest BCUT2D eigenvalue weighted by Crippen LogP contribution is 2.49. The zero-order valence-electron chi connectivity index (χ0n) is 9.32. The molecular formula is C12H19N3. The van der Waals surface area contributed by atoms with Gasteiger partial charge in [0, 0.05) is 13.1 Å². The number of aryl methyl sites for hydroxylation is 1. The minimum atomic E-state index is 0.785. The first-order chi connectivity index (χ1) is 7.22. The van der Waals surface area contributed by atoms with Crippen LogP contribution in [0.5, 0.6) is 0 Å². The topological polar surface area (TPSA) is 43.8 Å². The number of rotatable bonds is 2. The molecule has 3 rings (SSSR count). The average molecular weight is 205 g/mol. The van der Waals surface area contributed by atoms with Crippen molar-refractivity contribution in [3.63, 3.8) is 0 Å². The molecule has 3 heteroatoms. The maximum atomic E-state index is 5.79. The van der Waals surface area contributed by atoms with Crippen LogP contribution >= 0.6 is 0 Å². The summed E-state index contributed by atoms with van der Waals surface area (Å²) < 4.78 is 1.78. The van der Waals surface area contributed by atoms with Crippen LogP contribution < -0.4 is 5.73 Å². The molecule has 1 aromatic rings. The molecule has 15 heavy (non-hydrogen) atoms. The molecule has 0 radical (unpaired) electrons. The van der Waals surface area contributed by atoms with E-state index in [0.29, 0.717) is 0 Å². The normalized spacial score (nSPS) is 33.8. The first-order valence-electron chi connectivity index (χ1n) is 6.01. The molecule has 2 aliphatic carbocycles. The standard InChI is InChI=1S/C12H19N3/c1-15-12(13)7-11(14-15)6-10-5-8-2-3-9(10)4-8/h7-10H,2-6,13H2,1H3. The van der Waals surface area contributed by atoms with Gasteiger partial charge in [-0.3, -0.25) is 4.68 Å². The van der Waals surface area contributed by atoms with E-state index in [1.807, 2.05) is 13.1 Å². The van der Waals surface area contributed by atoms with Crippen molar-refractivity contribution in [3.8, 4) is 0 Å². The zero-order chi connectivity index (χ0) is 10.4. The van der Waals surface area contributed by atoms with Crippen LogP contribution in [0, 0.1) is 17.8 Å². The van der Waals surface area contributed by atoms with Crippen molar-refractivity contribution in [2.24, 2.45) is 24.8 Å². The minimum Gasteiger partial charge on any atom is -0.384 e. The van der Waals surface area contributed by atoms with Crippen LogP contribution in [-0.2, 0) is 13.5 Å². The van der Waals surface area contributed by atoms with Crippen LogP contribution in [-0.4, -0.2) is 9.78 Å². The van der Waals surface area contributed by atoms with Gasteiger partial charge in [-0.1, -0.05) is 6.42 Å². The van der Waals surface area contributed by atoms with Crippen molar-refractivity contribution in [1.82, 2.24) is 9.78 Å². The van der Waals surface area contributed by atoms with Crippen molar-refractivity contribution in [3.05, 3.63) is 11.8 Å². The Bertz CT molecular complexity index is 349. The number of nitrogens with zero attached hydrogens (tertiary/aromatic N) is 2. The van der Waals surface area contributed by atoms with Crippen LogP contribution in [0.4, 0.5) is 5.82 Å². The Kier molecular flexibility index (Phi) is 2.01. The Morgan fingerprint density at radius 3 is 2.87 bits per heavy atom. The quantitative estimate of drug-likeness (QED) is 0.802. The second-order valence-corrected chi connectivity index (χ2v) is 5.32. The number of aromatic nitrogens is 2. The molecule has 2 N–H and O–H groups in total. The van der Waals surface area contributed by atoms with Crippen LogP contribution in [0.25, 0.3) is 0 Å². The molecule has 2 saturated carbocycles. The van der Waals surface area contributed by atoms with Crippen LogP contribution in [0.15, 0.2) is 6.07 Å². The highest BCUT2D eigenvalue weighted by atomic mass is 15.3. The van der Waals surface area contributed by atoms with E-state index in [9.17, 15) is 0 Å². The number of hydrogen-bond acceptors (Lipinski definition) is 2. The van der Waals surface area contributed by atoms with E-state index in [2.05, 4.69) is 5.10 Å². The minimum absolute atomic E-state index is 0.785. The summed E-state index contributed by atoms with van der Waals surface area (Å²) >= 11 is 0. The monoisotopic (exact) mass is 205 g/mol. The molecule has 2 fully saturated rings. The maximum Gasteiger partial charge on any atom is 0.121 e. The van der Waals surface area contributed by atoms with Crippen molar-refractivity contribution >= 4 is 5.82 Å². The average Bonchev–Trinajstić information content (AvgIpc) is 2.84. The molecule has 3 nitrogen and oxygen atoms in total. The molecule has 1 heterocycles. The SMILES string of the molecule is Cn1nc(CC2CC3CCC2C3)cc1N. The van der Waals surface area contributed by atoms with Crippen molar-refractivity contribution in [1.29, 1.82) is 0 Å². The van der Waals surface area contributed by atoms with Gasteiger partial charge < -0.3 is 5.73 Å². The van der Waals surface area contributed by atoms with Gasteiger partial charge in [-0.15, -0.1) is 0 Å². The second kappa shape index (κ2) is 3.26. The lowest BCUT2D eigenvalue weighted by Gasteiger charge is -2.20. The van der Waals surface area contributed by atoms with Gasteiger partial charge in [0.2, 0.25) is 0 Å². The van der Waals surface area contributed by atoms with E-state index >= 15 is 0 Å². The third-order valence-electron chi connectivity index (χ3n) is 4.32. The summed E-state index contributed by atoms with van der Waals surface area (Å²) in [7, 11) is 1.92. The summed E-state index contributed by atoms with van der Waals surface area (Å²) in [6.07, 6.45) is 6.99. The molecular weight excluding hydrogens is 186 g/mol. The Hall–Kier alpha value is -0.990. The lowest BCUT2D eigenvalue weighted by Crippen LogP contribution is -2.13. The van der Waals surface area contributed by atoms with Crippen LogP contribution in [0.2, 0.25) is 0 Å². The number of anilines is 1. The Morgan fingerprint density at radius 1 is 1.47 bits per heavy atom. The van der Waals surface area contributed by atoms with E-state index in [4.69, 9.17) is 5.73 Å². The number of hydrogen-bond donors (Lipinski definition) is 1. The first-order valence-corrected chi connectivity index (χ1v) is 6.01. The van der Waals surface area contributed by atoms with Gasteiger partial charge in [0.1, 0.15) is 5.82 Å². The lowest BCUT2D eigenvalue weighted by atomic mass is 9.85. The van der Waals surface area contributed by atoms with Gasteiger partial charge in [-0.05, 0) is 43.4 Å². The van der Waals surface area contributed by atoms with E-state index in [1.165, 1.54) is 31.4 Å². The zero-order valence-corrected chi connectivity index (χ0v) is 9.32. The Balaban J connectivity index is 1.70. The third kappa shape index (κ3) is 1.54. The predicted octanol–water partition coefficient (Wildman–Crippen LogP) is 1.98. The first kappa shape index (κ1) is 9.25. The van der Waals surface area contributed by atoms with E-state index in [-0.39, 0.29) is 0 Å². The smallest absolute Gasteiger partial charge is 0.121 e. The summed E-state index contributed by atoms with van der Waals surface area (Å²) in [4.78, 5) is 0. The van der Waals surface area contributed by atoms with Crippen molar-refractivity contribution in [2.75, 3.05) is 5.73 Å². The Labute approximate surface area is 90.7 Å². The van der Waals surface area contributed by atoms with E-state index < -0.39 is 0 Å². The fourth-order valence-corrected chi connectivity index (χ4v) is 3.54. The fraction of sp³-hybridized carbons (Fsp3) is 0.750. The molecule has 0 saturated heterocycles. The van der Waals surface area contributed by atoms with Gasteiger partial charge in [-0.2, -0.15) is 5.10 Å². The predicted molar refractivity (Wildman–Crippen MR) is 60.3 cm³/mol. The van der Waals surface area contributed by atoms with Gasteiger partial charge in [0.25, 0.3) is 0 Å². The van der Waals surface area contributed by atoms with Crippen molar-refractivity contribution in [2.45, 2.75) is 32.1 Å². The number of fused-ring (bicyclic) bond motifs is 2. The molecule has 2 aliphatic rings. The molecule has 0 aliphatic heterocycles. The fourth-order valence-electron chi connectivity index (χ4n) is 3.54. The third-order valence-corrected chi connectivity index (χ3v) is 4.32. The summed E-state index contributed by atoms with van der Waals surface area (Å²) in [6, 6.07) is 2.03. The van der Waals surface area contributed by atoms with Gasteiger partial charge >= 0.3 is 0 Å². The highest BCUT2D eigenvalue weighted by molar-refractivity contribution is 5.30. The largest absolute Gasteiger partial charge is 0.384 e. The number of nitrogens with two attached hydrogens (primary N) is 1. The van der Waals surface area contributed by atoms with E-state index in [1.54, 1.807) is 4.68 Å². The van der Waals surface area contributed by atoms with Gasteiger partial charge in [0.05, 0.1) is 5.69 Å². The summed E-state index contributed by atoms with van der Waals surface area (Å²) in [5, 5.41) is 4.45. The molecule has 0 spiro atoms. The van der Waals surface area contributed by atoms with E-state index in [0.717, 1.165) is 30.0 Å². The Morgan fingerprint density at radius 2 is 2.33 bits per heavy atom. The van der Waals surface area contributed by atoms with Crippen LogP contribution in [0.3, 0.4) is 0 Å². The highest BCUT2D eigenvalue weighted by Gasteiger charge is 2.39. The molecule has 82 valence electrons. The molecule has 0 amide bonds. The summed E-state index contributed by atoms with van der Waals surface area (Å²) in [5.41, 5.74) is 6.98. The second-order valence-electron chi connectivity index (χ2n) is 5.32. The molecule has 3 unspecified atom stereocenters. The molecule has 2 bridgehead atoms. The van der Waals surface area contributed by atoms with Crippen LogP contribution in [0.1, 0.15) is 31.4 Å². The number of nitrogen functional groups attached to an aromatic ring is 1. The molecule has 0 aromatic carbocycles. The van der Waals surface area contributed by atoms with Gasteiger partial charge in [-0.25, -0.2) is 0 Å².